The lowest BCUT2D eigenvalue weighted by Crippen LogP contribution is -2.06. The third-order valence-corrected chi connectivity index (χ3v) is 6.39. The van der Waals surface area contributed by atoms with E-state index in [4.69, 9.17) is 0 Å². The molecule has 0 bridgehead atoms. The Morgan fingerprint density at radius 2 is 2.14 bits per heavy atom. The van der Waals surface area contributed by atoms with Gasteiger partial charge in [-0.05, 0) is 50.2 Å². The second-order valence-corrected chi connectivity index (χ2v) is 6.69. The molecule has 1 unspecified atom stereocenters. The van der Waals surface area contributed by atoms with Gasteiger partial charge in [-0.1, -0.05) is 22.9 Å². The van der Waals surface area contributed by atoms with Gasteiger partial charge < -0.3 is 0 Å². The van der Waals surface area contributed by atoms with Crippen molar-refractivity contribution >= 4 is 27.3 Å². The first-order chi connectivity index (χ1) is 6.59. The van der Waals surface area contributed by atoms with Gasteiger partial charge in [0, 0.05) is 9.75 Å². The molecule has 2 rings (SSSR count). The number of hydrogen-bond acceptors (Lipinski definition) is 1. The Bertz CT molecular complexity index is 336. The molecule has 0 radical (unpaired) electrons. The third-order valence-electron chi connectivity index (χ3n) is 3.44. The predicted octanol–water partition coefficient (Wildman–Crippen LogP) is 4.99. The van der Waals surface area contributed by atoms with Crippen molar-refractivity contribution in [1.82, 2.24) is 0 Å². The zero-order valence-corrected chi connectivity index (χ0v) is 11.5. The number of alkyl halides is 1. The molecule has 1 aliphatic carbocycles. The maximum Gasteiger partial charge on any atom is 0.0548 e. The number of hydrogen-bond donors (Lipinski definition) is 0. The smallest absolute Gasteiger partial charge is 0.0548 e. The zero-order chi connectivity index (χ0) is 10.3. The van der Waals surface area contributed by atoms with Gasteiger partial charge >= 0.3 is 0 Å². The molecule has 1 aromatic heterocycles. The molecule has 78 valence electrons. The first-order valence-electron chi connectivity index (χ1n) is 5.30. The molecule has 1 aliphatic rings. The van der Waals surface area contributed by atoms with E-state index in [0.29, 0.717) is 10.2 Å². The summed E-state index contributed by atoms with van der Waals surface area (Å²) in [6.45, 7) is 6.75. The Balaban J connectivity index is 2.27. The van der Waals surface area contributed by atoms with E-state index in [9.17, 15) is 0 Å². The molecule has 0 saturated heterocycles. The van der Waals surface area contributed by atoms with Crippen LogP contribution in [0.2, 0.25) is 0 Å². The van der Waals surface area contributed by atoms with Gasteiger partial charge in [-0.2, -0.15) is 0 Å². The molecule has 0 nitrogen and oxygen atoms in total. The van der Waals surface area contributed by atoms with Crippen LogP contribution in [0.3, 0.4) is 0 Å². The predicted molar refractivity (Wildman–Crippen MR) is 67.4 cm³/mol. The number of aryl methyl sites for hydroxylation is 2. The Morgan fingerprint density at radius 1 is 1.50 bits per heavy atom. The Labute approximate surface area is 98.9 Å². The SMILES string of the molecule is CCC1(C(Br)c2sc(C)cc2C)CC1. The second kappa shape index (κ2) is 3.64. The summed E-state index contributed by atoms with van der Waals surface area (Å²) in [6.07, 6.45) is 4.10. The summed E-state index contributed by atoms with van der Waals surface area (Å²) in [5.74, 6) is 0. The maximum absolute atomic E-state index is 3.90. The Kier molecular flexibility index (Phi) is 2.78. The molecule has 1 saturated carbocycles. The molecule has 14 heavy (non-hydrogen) atoms. The van der Waals surface area contributed by atoms with E-state index in [-0.39, 0.29) is 0 Å². The van der Waals surface area contributed by atoms with Crippen LogP contribution in [0.25, 0.3) is 0 Å². The van der Waals surface area contributed by atoms with Crippen molar-refractivity contribution in [3.63, 3.8) is 0 Å². The Hall–Kier alpha value is 0.180. The van der Waals surface area contributed by atoms with Gasteiger partial charge in [-0.3, -0.25) is 0 Å². The van der Waals surface area contributed by atoms with Crippen molar-refractivity contribution in [3.05, 3.63) is 21.4 Å². The lowest BCUT2D eigenvalue weighted by Gasteiger charge is -2.19. The van der Waals surface area contributed by atoms with E-state index < -0.39 is 0 Å². The lowest BCUT2D eigenvalue weighted by atomic mass is 9.97. The summed E-state index contributed by atoms with van der Waals surface area (Å²) < 4.78 is 0. The fraction of sp³-hybridized carbons (Fsp3) is 0.667. The summed E-state index contributed by atoms with van der Waals surface area (Å²) in [4.78, 5) is 3.59. The fourth-order valence-electron chi connectivity index (χ4n) is 2.14. The van der Waals surface area contributed by atoms with Gasteiger partial charge in [0.05, 0.1) is 4.83 Å². The van der Waals surface area contributed by atoms with Crippen molar-refractivity contribution in [3.8, 4) is 0 Å². The van der Waals surface area contributed by atoms with E-state index in [1.165, 1.54) is 29.7 Å². The molecule has 0 spiro atoms. The summed E-state index contributed by atoms with van der Waals surface area (Å²) in [6, 6.07) is 2.31. The molecule has 1 atom stereocenters. The van der Waals surface area contributed by atoms with Crippen LogP contribution in [0.1, 0.15) is 46.3 Å². The van der Waals surface area contributed by atoms with E-state index in [1.54, 1.807) is 4.88 Å². The van der Waals surface area contributed by atoms with Crippen molar-refractivity contribution in [2.24, 2.45) is 5.41 Å². The number of thiophene rings is 1. The minimum absolute atomic E-state index is 0.585. The minimum Gasteiger partial charge on any atom is -0.144 e. The second-order valence-electron chi connectivity index (χ2n) is 4.48. The first kappa shape index (κ1) is 10.7. The molecule has 1 aromatic rings. The largest absolute Gasteiger partial charge is 0.144 e. The van der Waals surface area contributed by atoms with Gasteiger partial charge in [-0.15, -0.1) is 11.3 Å². The highest BCUT2D eigenvalue weighted by molar-refractivity contribution is 9.09. The molecule has 0 amide bonds. The highest BCUT2D eigenvalue weighted by Gasteiger charge is 2.47. The maximum atomic E-state index is 3.90. The van der Waals surface area contributed by atoms with Crippen molar-refractivity contribution in [1.29, 1.82) is 0 Å². The van der Waals surface area contributed by atoms with Gasteiger partial charge in [0.2, 0.25) is 0 Å². The molecular weight excluding hydrogens is 256 g/mol. The van der Waals surface area contributed by atoms with Crippen LogP contribution in [0.15, 0.2) is 6.07 Å². The summed E-state index contributed by atoms with van der Waals surface area (Å²) in [5.41, 5.74) is 2.05. The monoisotopic (exact) mass is 272 g/mol. The highest BCUT2D eigenvalue weighted by atomic mass is 79.9. The summed E-state index contributed by atoms with van der Waals surface area (Å²) >= 11 is 5.86. The molecule has 0 N–H and O–H groups in total. The van der Waals surface area contributed by atoms with Gasteiger partial charge in [0.25, 0.3) is 0 Å². The quantitative estimate of drug-likeness (QED) is 0.680. The van der Waals surface area contributed by atoms with Crippen molar-refractivity contribution in [2.75, 3.05) is 0 Å². The van der Waals surface area contributed by atoms with E-state index in [2.05, 4.69) is 42.8 Å². The van der Waals surface area contributed by atoms with Crippen LogP contribution in [0.4, 0.5) is 0 Å². The molecule has 1 fully saturated rings. The minimum atomic E-state index is 0.585. The van der Waals surface area contributed by atoms with E-state index in [1.807, 2.05) is 11.3 Å². The normalized spacial score (nSPS) is 20.9. The number of halogens is 1. The van der Waals surface area contributed by atoms with Crippen LogP contribution >= 0.6 is 27.3 Å². The van der Waals surface area contributed by atoms with Gasteiger partial charge in [0.1, 0.15) is 0 Å². The van der Waals surface area contributed by atoms with Gasteiger partial charge in [-0.25, -0.2) is 0 Å². The first-order valence-corrected chi connectivity index (χ1v) is 7.03. The molecule has 0 aromatic carbocycles. The topological polar surface area (TPSA) is 0 Å². The zero-order valence-electron chi connectivity index (χ0n) is 9.06. The summed E-state index contributed by atoms with van der Waals surface area (Å²) in [5, 5.41) is 0. The molecular formula is C12H17BrS. The van der Waals surface area contributed by atoms with Crippen molar-refractivity contribution < 1.29 is 0 Å². The average molecular weight is 273 g/mol. The lowest BCUT2D eigenvalue weighted by molar-refractivity contribution is 0.487. The molecule has 0 aliphatic heterocycles. The van der Waals surface area contributed by atoms with Crippen molar-refractivity contribution in [2.45, 2.75) is 44.9 Å². The van der Waals surface area contributed by atoms with Crippen LogP contribution in [-0.2, 0) is 0 Å². The third kappa shape index (κ3) is 1.67. The van der Waals surface area contributed by atoms with E-state index in [0.717, 1.165) is 0 Å². The van der Waals surface area contributed by atoms with Crippen LogP contribution in [-0.4, -0.2) is 0 Å². The highest BCUT2D eigenvalue weighted by Crippen LogP contribution is 2.62. The van der Waals surface area contributed by atoms with Crippen LogP contribution < -0.4 is 0 Å². The molecule has 2 heteroatoms. The van der Waals surface area contributed by atoms with E-state index >= 15 is 0 Å². The Morgan fingerprint density at radius 3 is 2.50 bits per heavy atom. The van der Waals surface area contributed by atoms with Gasteiger partial charge in [0.15, 0.2) is 0 Å². The van der Waals surface area contributed by atoms with Crippen LogP contribution in [0, 0.1) is 19.3 Å². The number of rotatable bonds is 3. The summed E-state index contributed by atoms with van der Waals surface area (Å²) in [7, 11) is 0. The average Bonchev–Trinajstić information content (AvgIpc) is 2.87. The molecule has 1 heterocycles. The standard InChI is InChI=1S/C12H17BrS/c1-4-12(5-6-12)11(13)10-8(2)7-9(3)14-10/h7,11H,4-6H2,1-3H3. The van der Waals surface area contributed by atoms with Crippen LogP contribution in [0.5, 0.6) is 0 Å². The fourth-order valence-corrected chi connectivity index (χ4v) is 4.71.